The summed E-state index contributed by atoms with van der Waals surface area (Å²) in [6, 6.07) is 0. The number of hydrogen-bond donors (Lipinski definition) is 2. The van der Waals surface area contributed by atoms with Crippen molar-refractivity contribution in [2.75, 3.05) is 23.4 Å². The van der Waals surface area contributed by atoms with Crippen LogP contribution in [0.2, 0.25) is 0 Å². The molecule has 118 valence electrons. The fraction of sp³-hybridized carbons (Fsp3) is 0.615. The molecule has 0 radical (unpaired) electrons. The highest BCUT2D eigenvalue weighted by Gasteiger charge is 2.15. The molecule has 21 heavy (non-hydrogen) atoms. The number of thiazole rings is 1. The van der Waals surface area contributed by atoms with Crippen LogP contribution in [0.25, 0.3) is 0 Å². The molecule has 2 amide bonds. The molecule has 8 heteroatoms. The summed E-state index contributed by atoms with van der Waals surface area (Å²) in [4.78, 5) is 27.2. The van der Waals surface area contributed by atoms with Crippen LogP contribution in [0.5, 0.6) is 0 Å². The third-order valence-corrected chi connectivity index (χ3v) is 3.85. The van der Waals surface area contributed by atoms with E-state index in [0.717, 1.165) is 5.69 Å². The lowest BCUT2D eigenvalue weighted by Crippen LogP contribution is -2.33. The summed E-state index contributed by atoms with van der Waals surface area (Å²) in [6.45, 7) is 7.77. The Balaban J connectivity index is 2.08. The fourth-order valence-corrected chi connectivity index (χ4v) is 2.62. The van der Waals surface area contributed by atoms with E-state index in [1.807, 2.05) is 33.1 Å². The number of aryl methyl sites for hydroxylation is 1. The third kappa shape index (κ3) is 8.56. The van der Waals surface area contributed by atoms with Gasteiger partial charge in [0.1, 0.15) is 5.60 Å². The first-order chi connectivity index (χ1) is 9.76. The van der Waals surface area contributed by atoms with Crippen molar-refractivity contribution in [3.63, 3.8) is 0 Å². The number of alkyl carbamates (subject to hydrolysis) is 1. The highest BCUT2D eigenvalue weighted by Crippen LogP contribution is 2.14. The molecule has 0 spiro atoms. The van der Waals surface area contributed by atoms with Crippen LogP contribution in [-0.2, 0) is 9.53 Å². The van der Waals surface area contributed by atoms with E-state index in [-0.39, 0.29) is 5.91 Å². The molecule has 0 aliphatic rings. The predicted octanol–water partition coefficient (Wildman–Crippen LogP) is 2.65. The lowest BCUT2D eigenvalue weighted by molar-refractivity contribution is -0.113. The molecule has 1 heterocycles. The first-order valence-corrected chi connectivity index (χ1v) is 8.56. The van der Waals surface area contributed by atoms with Gasteiger partial charge in [0.15, 0.2) is 5.13 Å². The number of hydrogen-bond acceptors (Lipinski definition) is 6. The molecule has 1 aromatic heterocycles. The minimum atomic E-state index is -0.497. The summed E-state index contributed by atoms with van der Waals surface area (Å²) in [5, 5.41) is 7.87. The predicted molar refractivity (Wildman–Crippen MR) is 87.0 cm³/mol. The van der Waals surface area contributed by atoms with Crippen LogP contribution in [0.15, 0.2) is 5.38 Å². The highest BCUT2D eigenvalue weighted by molar-refractivity contribution is 7.99. The molecule has 0 atom stereocenters. The number of nitrogens with zero attached hydrogens (tertiary/aromatic N) is 1. The van der Waals surface area contributed by atoms with Gasteiger partial charge in [0.05, 0.1) is 11.4 Å². The number of rotatable bonds is 6. The van der Waals surface area contributed by atoms with Crippen LogP contribution in [0.4, 0.5) is 9.93 Å². The number of carbonyl (C=O) groups is 2. The van der Waals surface area contributed by atoms with E-state index in [0.29, 0.717) is 23.2 Å². The molecule has 1 rings (SSSR count). The Morgan fingerprint density at radius 3 is 2.71 bits per heavy atom. The molecule has 0 fully saturated rings. The van der Waals surface area contributed by atoms with Crippen LogP contribution in [0.1, 0.15) is 26.5 Å². The molecular weight excluding hydrogens is 310 g/mol. The summed E-state index contributed by atoms with van der Waals surface area (Å²) < 4.78 is 5.10. The van der Waals surface area contributed by atoms with Crippen LogP contribution < -0.4 is 10.6 Å². The molecule has 0 aromatic carbocycles. The smallest absolute Gasteiger partial charge is 0.407 e. The standard InChI is InChI=1S/C13H21N3O3S2/c1-9-7-21-11(15-9)16-10(17)8-20-6-5-14-12(18)19-13(2,3)4/h7H,5-6,8H2,1-4H3,(H,14,18)(H,15,16,17). The maximum Gasteiger partial charge on any atom is 0.407 e. The molecule has 0 aliphatic carbocycles. The first kappa shape index (κ1) is 17.8. The second-order valence-corrected chi connectivity index (χ2v) is 7.29. The van der Waals surface area contributed by atoms with Gasteiger partial charge in [0.25, 0.3) is 0 Å². The number of carbonyl (C=O) groups excluding carboxylic acids is 2. The second kappa shape index (κ2) is 8.23. The zero-order chi connectivity index (χ0) is 15.9. The Kier molecular flexibility index (Phi) is 6.97. The van der Waals surface area contributed by atoms with Gasteiger partial charge in [-0.15, -0.1) is 11.3 Å². The van der Waals surface area contributed by atoms with Gasteiger partial charge in [-0.2, -0.15) is 11.8 Å². The minimum absolute atomic E-state index is 0.0911. The largest absolute Gasteiger partial charge is 0.444 e. The molecule has 0 unspecified atom stereocenters. The van der Waals surface area contributed by atoms with E-state index in [1.54, 1.807) is 0 Å². The number of aromatic nitrogens is 1. The van der Waals surface area contributed by atoms with Gasteiger partial charge in [0.2, 0.25) is 5.91 Å². The summed E-state index contributed by atoms with van der Waals surface area (Å²) in [5.74, 6) is 0.879. The van der Waals surface area contributed by atoms with Crippen molar-refractivity contribution in [2.45, 2.75) is 33.3 Å². The fourth-order valence-electron chi connectivity index (χ4n) is 1.27. The topological polar surface area (TPSA) is 80.3 Å². The van der Waals surface area contributed by atoms with Gasteiger partial charge < -0.3 is 15.4 Å². The lowest BCUT2D eigenvalue weighted by Gasteiger charge is -2.19. The van der Waals surface area contributed by atoms with Gasteiger partial charge in [-0.3, -0.25) is 4.79 Å². The summed E-state index contributed by atoms with van der Waals surface area (Å²) in [6.07, 6.45) is -0.439. The van der Waals surface area contributed by atoms with E-state index in [4.69, 9.17) is 4.74 Å². The Hall–Kier alpha value is -1.28. The van der Waals surface area contributed by atoms with Crippen molar-refractivity contribution in [3.05, 3.63) is 11.1 Å². The van der Waals surface area contributed by atoms with Gasteiger partial charge in [-0.1, -0.05) is 0 Å². The zero-order valence-corrected chi connectivity index (χ0v) is 14.3. The molecule has 2 N–H and O–H groups in total. The first-order valence-electron chi connectivity index (χ1n) is 6.53. The van der Waals surface area contributed by atoms with Gasteiger partial charge in [-0.25, -0.2) is 9.78 Å². The Bertz CT molecular complexity index is 483. The van der Waals surface area contributed by atoms with Crippen LogP contribution >= 0.6 is 23.1 Å². The average molecular weight is 331 g/mol. The van der Waals surface area contributed by atoms with Crippen molar-refractivity contribution in [1.82, 2.24) is 10.3 Å². The molecule has 0 bridgehead atoms. The molecule has 0 aliphatic heterocycles. The van der Waals surface area contributed by atoms with Gasteiger partial charge in [0, 0.05) is 17.7 Å². The third-order valence-electron chi connectivity index (χ3n) is 2.01. The van der Waals surface area contributed by atoms with Gasteiger partial charge >= 0.3 is 6.09 Å². The van der Waals surface area contributed by atoms with E-state index in [2.05, 4.69) is 15.6 Å². The van der Waals surface area contributed by atoms with Crippen LogP contribution in [0, 0.1) is 6.92 Å². The number of amides is 2. The van der Waals surface area contributed by atoms with Crippen LogP contribution in [-0.4, -0.2) is 40.6 Å². The van der Waals surface area contributed by atoms with E-state index < -0.39 is 11.7 Å². The normalized spacial score (nSPS) is 11.0. The number of ether oxygens (including phenoxy) is 1. The Labute approximate surface area is 133 Å². The number of anilines is 1. The lowest BCUT2D eigenvalue weighted by atomic mass is 10.2. The maximum atomic E-state index is 11.6. The molecule has 0 saturated carbocycles. The Morgan fingerprint density at radius 1 is 1.43 bits per heavy atom. The van der Waals surface area contributed by atoms with E-state index >= 15 is 0 Å². The zero-order valence-electron chi connectivity index (χ0n) is 12.7. The van der Waals surface area contributed by atoms with Crippen molar-refractivity contribution in [1.29, 1.82) is 0 Å². The van der Waals surface area contributed by atoms with Crippen molar-refractivity contribution < 1.29 is 14.3 Å². The van der Waals surface area contributed by atoms with Crippen LogP contribution in [0.3, 0.4) is 0 Å². The summed E-state index contributed by atoms with van der Waals surface area (Å²) in [7, 11) is 0. The molecule has 0 saturated heterocycles. The minimum Gasteiger partial charge on any atom is -0.444 e. The maximum absolute atomic E-state index is 11.6. The monoisotopic (exact) mass is 331 g/mol. The number of thioether (sulfide) groups is 1. The van der Waals surface area contributed by atoms with Crippen molar-refractivity contribution in [3.8, 4) is 0 Å². The molecule has 6 nitrogen and oxygen atoms in total. The van der Waals surface area contributed by atoms with E-state index in [1.165, 1.54) is 23.1 Å². The number of nitrogens with one attached hydrogen (secondary N) is 2. The molecular formula is C13H21N3O3S2. The van der Waals surface area contributed by atoms with E-state index in [9.17, 15) is 9.59 Å². The summed E-state index contributed by atoms with van der Waals surface area (Å²) >= 11 is 2.85. The second-order valence-electron chi connectivity index (χ2n) is 5.32. The van der Waals surface area contributed by atoms with Crippen molar-refractivity contribution >= 4 is 40.2 Å². The summed E-state index contributed by atoms with van der Waals surface area (Å²) in [5.41, 5.74) is 0.396. The van der Waals surface area contributed by atoms with Crippen molar-refractivity contribution in [2.24, 2.45) is 0 Å². The van der Waals surface area contributed by atoms with Gasteiger partial charge in [-0.05, 0) is 27.7 Å². The highest BCUT2D eigenvalue weighted by atomic mass is 32.2. The Morgan fingerprint density at radius 2 is 2.14 bits per heavy atom. The average Bonchev–Trinajstić information content (AvgIpc) is 2.71. The molecule has 1 aromatic rings. The quantitative estimate of drug-likeness (QED) is 0.783. The SMILES string of the molecule is Cc1csc(NC(=O)CSCCNC(=O)OC(C)(C)C)n1.